The fourth-order valence-electron chi connectivity index (χ4n) is 2.60. The van der Waals surface area contributed by atoms with Crippen LogP contribution in [-0.2, 0) is 16.1 Å². The quantitative estimate of drug-likeness (QED) is 0.603. The molecule has 1 aliphatic heterocycles. The van der Waals surface area contributed by atoms with E-state index in [2.05, 4.69) is 9.71 Å². The van der Waals surface area contributed by atoms with Gasteiger partial charge in [0, 0.05) is 28.5 Å². The normalized spacial score (nSPS) is 18.3. The van der Waals surface area contributed by atoms with E-state index in [0.29, 0.717) is 18.9 Å². The molecule has 3 heterocycles. The van der Waals surface area contributed by atoms with Gasteiger partial charge < -0.3 is 13.9 Å². The fourth-order valence-corrected chi connectivity index (χ4v) is 3.55. The molecular weight excluding hydrogens is 391 g/mol. The summed E-state index contributed by atoms with van der Waals surface area (Å²) < 4.78 is 62.4. The Kier molecular flexibility index (Phi) is 5.47. The molecule has 0 aliphatic carbocycles. The van der Waals surface area contributed by atoms with Crippen LogP contribution in [-0.4, -0.2) is 38.5 Å². The summed E-state index contributed by atoms with van der Waals surface area (Å²) in [4.78, 5) is 4.02. The van der Waals surface area contributed by atoms with E-state index in [9.17, 15) is 17.7 Å². The minimum Gasteiger partial charge on any atom is -0.598 e. The van der Waals surface area contributed by atoms with Gasteiger partial charge in [0.2, 0.25) is 0 Å². The van der Waals surface area contributed by atoms with Crippen molar-refractivity contribution in [1.29, 1.82) is 0 Å². The number of pyridine rings is 1. The second-order valence-corrected chi connectivity index (χ2v) is 9.48. The third kappa shape index (κ3) is 3.68. The Balaban J connectivity index is 2.10. The van der Waals surface area contributed by atoms with Crippen molar-refractivity contribution in [2.45, 2.75) is 44.0 Å². The lowest BCUT2D eigenvalue weighted by Crippen LogP contribution is -2.43. The molecule has 0 radical (unpaired) electrons. The monoisotopic (exact) mass is 409 g/mol. The summed E-state index contributed by atoms with van der Waals surface area (Å²) in [5.41, 5.74) is 0.427. The topological polar surface area (TPSA) is 62.1 Å². The number of nitrogens with zero attached hydrogens (tertiary/aromatic N) is 2. The SMILES string of the molecule is CC(C)(C)[S@+]([O-])N[C@@H](c1cn(C2COC2)c2nc(Cl)c(F)cc12)C(F)F. The van der Waals surface area contributed by atoms with E-state index in [1.54, 1.807) is 25.3 Å². The highest BCUT2D eigenvalue weighted by atomic mass is 35.5. The van der Waals surface area contributed by atoms with Gasteiger partial charge in [0.1, 0.15) is 16.4 Å². The molecule has 2 aromatic rings. The van der Waals surface area contributed by atoms with E-state index in [-0.39, 0.29) is 22.1 Å². The molecule has 1 saturated heterocycles. The molecule has 1 aliphatic rings. The average Bonchev–Trinajstić information content (AvgIpc) is 2.80. The first-order valence-electron chi connectivity index (χ1n) is 8.00. The van der Waals surface area contributed by atoms with Gasteiger partial charge in [-0.25, -0.2) is 18.2 Å². The molecule has 0 unspecified atom stereocenters. The second kappa shape index (κ2) is 7.20. The lowest BCUT2D eigenvalue weighted by atomic mass is 10.1. The van der Waals surface area contributed by atoms with Gasteiger partial charge in [-0.15, -0.1) is 4.72 Å². The number of alkyl halides is 2. The highest BCUT2D eigenvalue weighted by Crippen LogP contribution is 2.35. The van der Waals surface area contributed by atoms with Crippen LogP contribution in [0.2, 0.25) is 5.15 Å². The molecule has 1 fully saturated rings. The molecule has 0 saturated carbocycles. The van der Waals surface area contributed by atoms with E-state index < -0.39 is 34.4 Å². The molecule has 144 valence electrons. The molecule has 3 rings (SSSR count). The molecule has 0 bridgehead atoms. The second-order valence-electron chi connectivity index (χ2n) is 7.13. The standard InChI is InChI=1S/C16H19ClF3N3O2S/c1-16(2,3)26(24)22-12(14(19)20)10-5-23(8-6-25-7-8)15-9(10)4-11(18)13(17)21-15/h4-5,8,12,14,22H,6-7H2,1-3H3/t12-,26-/m0/s1. The van der Waals surface area contributed by atoms with Crippen molar-refractivity contribution in [3.05, 3.63) is 28.8 Å². The number of aromatic nitrogens is 2. The Bertz CT molecular complexity index is 808. The average molecular weight is 410 g/mol. The van der Waals surface area contributed by atoms with Gasteiger partial charge in [-0.3, -0.25) is 0 Å². The van der Waals surface area contributed by atoms with E-state index in [1.807, 2.05) is 0 Å². The van der Waals surface area contributed by atoms with Crippen LogP contribution >= 0.6 is 11.6 Å². The Morgan fingerprint density at radius 2 is 2.08 bits per heavy atom. The van der Waals surface area contributed by atoms with Crippen molar-refractivity contribution < 1.29 is 22.5 Å². The lowest BCUT2D eigenvalue weighted by Gasteiger charge is -2.28. The molecule has 0 amide bonds. The fraction of sp³-hybridized carbons (Fsp3) is 0.562. The van der Waals surface area contributed by atoms with Crippen molar-refractivity contribution in [3.63, 3.8) is 0 Å². The maximum atomic E-state index is 14.0. The van der Waals surface area contributed by atoms with E-state index >= 15 is 0 Å². The molecule has 0 spiro atoms. The lowest BCUT2D eigenvalue weighted by molar-refractivity contribution is -0.0217. The molecule has 5 nitrogen and oxygen atoms in total. The molecule has 1 N–H and O–H groups in total. The summed E-state index contributed by atoms with van der Waals surface area (Å²) in [7, 11) is 0. The van der Waals surface area contributed by atoms with Crippen molar-refractivity contribution in [2.75, 3.05) is 13.2 Å². The van der Waals surface area contributed by atoms with Crippen LogP contribution in [0.1, 0.15) is 38.4 Å². The minimum absolute atomic E-state index is 0.0910. The van der Waals surface area contributed by atoms with Crippen LogP contribution in [0.3, 0.4) is 0 Å². The summed E-state index contributed by atoms with van der Waals surface area (Å²) in [6.07, 6.45) is -1.36. The van der Waals surface area contributed by atoms with E-state index in [0.717, 1.165) is 6.07 Å². The molecule has 2 atom stereocenters. The summed E-state index contributed by atoms with van der Waals surface area (Å²) in [5, 5.41) is -0.119. The van der Waals surface area contributed by atoms with Crippen LogP contribution in [0.25, 0.3) is 11.0 Å². The van der Waals surface area contributed by atoms with Gasteiger partial charge >= 0.3 is 0 Å². The smallest absolute Gasteiger partial charge is 0.262 e. The zero-order valence-electron chi connectivity index (χ0n) is 14.4. The van der Waals surface area contributed by atoms with Crippen molar-refractivity contribution in [1.82, 2.24) is 14.3 Å². The maximum absolute atomic E-state index is 14.0. The Morgan fingerprint density at radius 1 is 1.42 bits per heavy atom. The van der Waals surface area contributed by atoms with Crippen LogP contribution in [0, 0.1) is 5.82 Å². The summed E-state index contributed by atoms with van der Waals surface area (Å²) in [6, 6.07) is -0.540. The van der Waals surface area contributed by atoms with Gasteiger partial charge in [-0.1, -0.05) is 11.6 Å². The Labute approximate surface area is 157 Å². The van der Waals surface area contributed by atoms with Crippen LogP contribution in [0.4, 0.5) is 13.2 Å². The third-order valence-electron chi connectivity index (χ3n) is 4.14. The van der Waals surface area contributed by atoms with E-state index in [1.165, 1.54) is 6.20 Å². The zero-order chi connectivity index (χ0) is 19.2. The number of fused-ring (bicyclic) bond motifs is 1. The number of halogens is 4. The maximum Gasteiger partial charge on any atom is 0.262 e. The first-order valence-corrected chi connectivity index (χ1v) is 9.52. The number of rotatable bonds is 5. The first kappa shape index (κ1) is 19.8. The predicted octanol–water partition coefficient (Wildman–Crippen LogP) is 3.76. The molecule has 2 aromatic heterocycles. The highest BCUT2D eigenvalue weighted by molar-refractivity contribution is 7.90. The van der Waals surface area contributed by atoms with Gasteiger partial charge in [-0.05, 0) is 26.8 Å². The van der Waals surface area contributed by atoms with Gasteiger partial charge in [0.15, 0.2) is 11.0 Å². The number of nitrogens with one attached hydrogen (secondary N) is 1. The number of hydrogen-bond acceptors (Lipinski definition) is 4. The van der Waals surface area contributed by atoms with Gasteiger partial charge in [-0.2, -0.15) is 0 Å². The molecule has 10 heteroatoms. The van der Waals surface area contributed by atoms with Crippen molar-refractivity contribution >= 4 is 34.0 Å². The van der Waals surface area contributed by atoms with Crippen LogP contribution in [0.5, 0.6) is 0 Å². The minimum atomic E-state index is -2.85. The van der Waals surface area contributed by atoms with Crippen LogP contribution < -0.4 is 4.72 Å². The zero-order valence-corrected chi connectivity index (χ0v) is 16.0. The summed E-state index contributed by atoms with van der Waals surface area (Å²) in [6.45, 7) is 5.83. The van der Waals surface area contributed by atoms with Crippen molar-refractivity contribution in [3.8, 4) is 0 Å². The van der Waals surface area contributed by atoms with Crippen molar-refractivity contribution in [2.24, 2.45) is 0 Å². The van der Waals surface area contributed by atoms with Gasteiger partial charge in [0.25, 0.3) is 6.43 Å². The largest absolute Gasteiger partial charge is 0.598 e. The van der Waals surface area contributed by atoms with Crippen LogP contribution in [0.15, 0.2) is 12.3 Å². The molecule has 0 aromatic carbocycles. The predicted molar refractivity (Wildman–Crippen MR) is 94.3 cm³/mol. The Morgan fingerprint density at radius 3 is 2.58 bits per heavy atom. The Hall–Kier alpha value is -1.00. The number of ether oxygens (including phenoxy) is 1. The van der Waals surface area contributed by atoms with Gasteiger partial charge in [0.05, 0.1) is 19.3 Å². The van der Waals surface area contributed by atoms with E-state index in [4.69, 9.17) is 16.3 Å². The molecule has 26 heavy (non-hydrogen) atoms. The third-order valence-corrected chi connectivity index (χ3v) is 5.98. The number of hydrogen-bond donors (Lipinski definition) is 1. The molecular formula is C16H19ClF3N3O2S. The highest BCUT2D eigenvalue weighted by Gasteiger charge is 2.37. The summed E-state index contributed by atoms with van der Waals surface area (Å²) >= 11 is 4.04. The summed E-state index contributed by atoms with van der Waals surface area (Å²) in [5.74, 6) is -0.798. The first-order chi connectivity index (χ1) is 12.1.